The molecule has 2 fully saturated rings. The molecule has 0 aliphatic carbocycles. The van der Waals surface area contributed by atoms with Crippen LogP contribution >= 0.6 is 0 Å². The van der Waals surface area contributed by atoms with Gasteiger partial charge in [-0.25, -0.2) is 9.59 Å². The summed E-state index contributed by atoms with van der Waals surface area (Å²) in [4.78, 5) is 22.8. The van der Waals surface area contributed by atoms with Gasteiger partial charge in [0.05, 0.1) is 13.2 Å². The smallest absolute Gasteiger partial charge is 0.447 e. The minimum atomic E-state index is -5.75. The molecular formula is C25H32F10O9. The molecule has 19 heteroatoms. The fourth-order valence-corrected chi connectivity index (χ4v) is 3.64. The zero-order valence-corrected chi connectivity index (χ0v) is 24.5. The summed E-state index contributed by atoms with van der Waals surface area (Å²) in [6, 6.07) is 0. The lowest BCUT2D eigenvalue weighted by Gasteiger charge is -2.40. The van der Waals surface area contributed by atoms with E-state index in [1.807, 2.05) is 0 Å². The number of carbonyl (C=O) groups excluding carboxylic acids is 2. The molecule has 0 aromatic rings. The van der Waals surface area contributed by atoms with Crippen molar-refractivity contribution in [2.75, 3.05) is 20.3 Å². The number of aliphatic hydroxyl groups is 1. The lowest BCUT2D eigenvalue weighted by Crippen LogP contribution is -2.66. The average molecular weight is 667 g/mol. The van der Waals surface area contributed by atoms with Crippen LogP contribution in [0.2, 0.25) is 0 Å². The van der Waals surface area contributed by atoms with Crippen molar-refractivity contribution in [2.24, 2.45) is 5.92 Å². The van der Waals surface area contributed by atoms with Crippen LogP contribution in [0, 0.1) is 5.92 Å². The van der Waals surface area contributed by atoms with Gasteiger partial charge in [-0.3, -0.25) is 0 Å². The van der Waals surface area contributed by atoms with Gasteiger partial charge >= 0.3 is 47.7 Å². The maximum absolute atomic E-state index is 14.9. The van der Waals surface area contributed by atoms with Crippen molar-refractivity contribution in [3.63, 3.8) is 0 Å². The lowest BCUT2D eigenvalue weighted by molar-refractivity contribution is -0.451. The molecule has 5 atom stereocenters. The van der Waals surface area contributed by atoms with Crippen LogP contribution < -0.4 is 0 Å². The van der Waals surface area contributed by atoms with E-state index in [1.54, 1.807) is 0 Å². The van der Waals surface area contributed by atoms with Crippen molar-refractivity contribution >= 4 is 11.9 Å². The molecule has 0 amide bonds. The van der Waals surface area contributed by atoms with Gasteiger partial charge in [-0.15, -0.1) is 0 Å². The van der Waals surface area contributed by atoms with Crippen molar-refractivity contribution in [3.05, 3.63) is 24.3 Å². The predicted molar refractivity (Wildman–Crippen MR) is 127 cm³/mol. The topological polar surface area (TPSA) is 110 Å². The molecule has 256 valence electrons. The van der Waals surface area contributed by atoms with E-state index in [-0.39, 0.29) is 11.1 Å². The molecule has 44 heavy (non-hydrogen) atoms. The highest BCUT2D eigenvalue weighted by molar-refractivity contribution is 5.87. The first-order valence-electron chi connectivity index (χ1n) is 12.3. The Kier molecular flexibility index (Phi) is 11.1. The van der Waals surface area contributed by atoms with Crippen molar-refractivity contribution in [2.45, 2.75) is 94.8 Å². The van der Waals surface area contributed by atoms with E-state index in [0.717, 1.165) is 14.0 Å². The Morgan fingerprint density at radius 1 is 0.795 bits per heavy atom. The number of ether oxygens (including phenoxy) is 6. The number of methoxy groups -OCH3 is 1. The first-order valence-corrected chi connectivity index (χ1v) is 12.3. The summed E-state index contributed by atoms with van der Waals surface area (Å²) < 4.78 is 162. The molecule has 0 spiro atoms. The highest BCUT2D eigenvalue weighted by Gasteiger charge is 2.85. The number of halogens is 10. The third-order valence-corrected chi connectivity index (χ3v) is 6.42. The Hall–Kier alpha value is -2.48. The van der Waals surface area contributed by atoms with E-state index in [9.17, 15) is 53.5 Å². The SMILES string of the molecule is C=C(C)C(=O)OC1(C)COC(O)(C(F)(F)F)C1(F)F.C=C(C)C(=O)OC1(C)COC(OC(OC)C(C)C)(C(F)(F)F)C1(F)F. The van der Waals surface area contributed by atoms with Crippen LogP contribution in [0.4, 0.5) is 43.9 Å². The van der Waals surface area contributed by atoms with Crippen LogP contribution in [0.15, 0.2) is 24.3 Å². The van der Waals surface area contributed by atoms with Crippen LogP contribution in [0.5, 0.6) is 0 Å². The monoisotopic (exact) mass is 666 g/mol. The Morgan fingerprint density at radius 3 is 1.48 bits per heavy atom. The van der Waals surface area contributed by atoms with E-state index in [2.05, 4.69) is 36.8 Å². The molecule has 0 aromatic heterocycles. The van der Waals surface area contributed by atoms with Crippen molar-refractivity contribution in [1.82, 2.24) is 0 Å². The van der Waals surface area contributed by atoms with E-state index >= 15 is 0 Å². The van der Waals surface area contributed by atoms with Crippen molar-refractivity contribution < 1.29 is 87.0 Å². The van der Waals surface area contributed by atoms with Crippen LogP contribution in [0.25, 0.3) is 0 Å². The molecule has 0 bridgehead atoms. The minimum absolute atomic E-state index is 0.251. The second kappa shape index (κ2) is 12.4. The first kappa shape index (κ1) is 39.5. The van der Waals surface area contributed by atoms with Gasteiger partial charge in [0.25, 0.3) is 0 Å². The van der Waals surface area contributed by atoms with Gasteiger partial charge in [0.2, 0.25) is 11.2 Å². The molecule has 2 aliphatic rings. The predicted octanol–water partition coefficient (Wildman–Crippen LogP) is 5.21. The average Bonchev–Trinajstić information content (AvgIpc) is 3.16. The van der Waals surface area contributed by atoms with Crippen LogP contribution in [0.3, 0.4) is 0 Å². The van der Waals surface area contributed by atoms with Crippen molar-refractivity contribution in [1.29, 1.82) is 0 Å². The molecule has 0 aromatic carbocycles. The summed E-state index contributed by atoms with van der Waals surface area (Å²) in [7, 11) is 1.02. The fraction of sp³-hybridized carbons (Fsp3) is 0.760. The summed E-state index contributed by atoms with van der Waals surface area (Å²) >= 11 is 0. The summed E-state index contributed by atoms with van der Waals surface area (Å²) in [6.07, 6.45) is -13.0. The van der Waals surface area contributed by atoms with Gasteiger partial charge < -0.3 is 33.5 Å². The van der Waals surface area contributed by atoms with Gasteiger partial charge in [0.15, 0.2) is 6.29 Å². The minimum Gasteiger partial charge on any atom is -0.447 e. The Balaban J connectivity index is 0.000000457. The molecule has 9 nitrogen and oxygen atoms in total. The number of alkyl halides is 10. The standard InChI is InChI=1S/C15H21F5O5.C10H11F5O4/c1-8(2)10(21)24-12(5)7-23-14(13(12,16)17,15(18,19)20)25-11(22-6)9(3)4;1-5(2)6(16)19-7(3)4-18-9(17,8(7,11)12)10(13,14)15/h9,11H,1,7H2,2-6H3;17H,1,4H2,2-3H3. The van der Waals surface area contributed by atoms with Gasteiger partial charge in [-0.05, 0) is 27.7 Å². The fourth-order valence-electron chi connectivity index (χ4n) is 3.64. The molecule has 0 saturated carbocycles. The van der Waals surface area contributed by atoms with Gasteiger partial charge in [0, 0.05) is 24.2 Å². The number of carbonyl (C=O) groups is 2. The molecule has 0 radical (unpaired) electrons. The zero-order valence-electron chi connectivity index (χ0n) is 24.5. The highest BCUT2D eigenvalue weighted by atomic mass is 19.4. The van der Waals surface area contributed by atoms with E-state index < -0.39 is 84.3 Å². The van der Waals surface area contributed by atoms with Gasteiger partial charge in [-0.1, -0.05) is 27.0 Å². The summed E-state index contributed by atoms with van der Waals surface area (Å²) in [5, 5.41) is 9.03. The zero-order chi connectivity index (χ0) is 35.1. The maximum Gasteiger partial charge on any atom is 0.450 e. The van der Waals surface area contributed by atoms with Crippen LogP contribution in [-0.4, -0.2) is 90.6 Å². The van der Waals surface area contributed by atoms with Gasteiger partial charge in [-0.2, -0.15) is 43.9 Å². The third kappa shape index (κ3) is 6.56. The van der Waals surface area contributed by atoms with Crippen LogP contribution in [-0.2, 0) is 38.0 Å². The van der Waals surface area contributed by atoms with E-state index in [0.29, 0.717) is 13.8 Å². The molecular weight excluding hydrogens is 634 g/mol. The Bertz CT molecular complexity index is 1120. The second-order valence-electron chi connectivity index (χ2n) is 10.7. The number of hydrogen-bond acceptors (Lipinski definition) is 9. The summed E-state index contributed by atoms with van der Waals surface area (Å²) in [5.41, 5.74) is -6.39. The van der Waals surface area contributed by atoms with Crippen molar-refractivity contribution in [3.8, 4) is 0 Å². The quantitative estimate of drug-likeness (QED) is 0.162. The molecule has 2 heterocycles. The third-order valence-electron chi connectivity index (χ3n) is 6.42. The molecule has 5 unspecified atom stereocenters. The molecule has 2 rings (SSSR count). The number of hydrogen-bond donors (Lipinski definition) is 1. The van der Waals surface area contributed by atoms with E-state index in [1.165, 1.54) is 20.8 Å². The number of rotatable bonds is 8. The van der Waals surface area contributed by atoms with Gasteiger partial charge in [0.1, 0.15) is 0 Å². The Labute approximate surface area is 245 Å². The van der Waals surface area contributed by atoms with E-state index in [4.69, 9.17) is 9.84 Å². The van der Waals surface area contributed by atoms with Crippen LogP contribution in [0.1, 0.15) is 41.5 Å². The molecule has 1 N–H and O–H groups in total. The lowest BCUT2D eigenvalue weighted by atomic mass is 9.93. The number of esters is 2. The maximum atomic E-state index is 14.9. The first-order chi connectivity index (χ1) is 19.4. The second-order valence-corrected chi connectivity index (χ2v) is 10.7. The normalized spacial score (nSPS) is 32.0. The molecule has 2 saturated heterocycles. The Morgan fingerprint density at radius 2 is 1.18 bits per heavy atom. The highest BCUT2D eigenvalue weighted by Crippen LogP contribution is 2.57. The summed E-state index contributed by atoms with van der Waals surface area (Å²) in [5.74, 6) is -21.9. The molecule has 2 aliphatic heterocycles. The summed E-state index contributed by atoms with van der Waals surface area (Å²) in [6.45, 7) is 10.1. The largest absolute Gasteiger partial charge is 0.450 e.